The Balaban J connectivity index is 1.59. The van der Waals surface area contributed by atoms with Crippen molar-refractivity contribution in [3.8, 4) is 0 Å². The minimum absolute atomic E-state index is 0.223. The Bertz CT molecular complexity index is 794. The van der Waals surface area contributed by atoms with E-state index in [-0.39, 0.29) is 10.8 Å². The van der Waals surface area contributed by atoms with E-state index in [1.165, 1.54) is 21.7 Å². The van der Waals surface area contributed by atoms with E-state index < -0.39 is 10.0 Å². The molecule has 0 atom stereocenters. The zero-order valence-electron chi connectivity index (χ0n) is 13.3. The minimum Gasteiger partial charge on any atom is -0.351 e. The van der Waals surface area contributed by atoms with Crippen LogP contribution in [0.1, 0.15) is 28.1 Å². The Kier molecular flexibility index (Phi) is 5.33. The van der Waals surface area contributed by atoms with Crippen LogP contribution in [-0.2, 0) is 16.4 Å². The minimum atomic E-state index is -3.45. The lowest BCUT2D eigenvalue weighted by Gasteiger charge is -2.13. The van der Waals surface area contributed by atoms with Gasteiger partial charge in [0.25, 0.3) is 5.91 Å². The Labute approximate surface area is 146 Å². The van der Waals surface area contributed by atoms with Gasteiger partial charge in [-0.1, -0.05) is 30.3 Å². The predicted octanol–water partition coefficient (Wildman–Crippen LogP) is 2.51. The molecule has 1 aromatic heterocycles. The van der Waals surface area contributed by atoms with Crippen molar-refractivity contribution in [2.24, 2.45) is 0 Å². The number of hydrogen-bond acceptors (Lipinski definition) is 4. The number of thiophene rings is 1. The van der Waals surface area contributed by atoms with Crippen molar-refractivity contribution < 1.29 is 13.2 Å². The highest BCUT2D eigenvalue weighted by atomic mass is 32.2. The van der Waals surface area contributed by atoms with E-state index in [0.717, 1.165) is 24.8 Å². The molecule has 5 nitrogen and oxygen atoms in total. The van der Waals surface area contributed by atoms with Crippen LogP contribution < -0.4 is 5.32 Å². The van der Waals surface area contributed by atoms with Crippen molar-refractivity contribution in [1.29, 1.82) is 0 Å². The Morgan fingerprint density at radius 1 is 1.17 bits per heavy atom. The van der Waals surface area contributed by atoms with Crippen molar-refractivity contribution in [3.63, 3.8) is 0 Å². The van der Waals surface area contributed by atoms with E-state index in [0.29, 0.717) is 24.5 Å². The third-order valence-electron chi connectivity index (χ3n) is 4.04. The van der Waals surface area contributed by atoms with Crippen LogP contribution in [0.25, 0.3) is 0 Å². The number of carbonyl (C=O) groups excluding carboxylic acids is 1. The molecule has 0 bridgehead atoms. The third-order valence-corrected chi connectivity index (χ3v) is 7.00. The second-order valence-electron chi connectivity index (χ2n) is 5.75. The van der Waals surface area contributed by atoms with Crippen LogP contribution in [0.15, 0.2) is 46.7 Å². The summed E-state index contributed by atoms with van der Waals surface area (Å²) >= 11 is 1.17. The van der Waals surface area contributed by atoms with Crippen molar-refractivity contribution >= 4 is 27.3 Å². The van der Waals surface area contributed by atoms with Gasteiger partial charge >= 0.3 is 0 Å². The first-order valence-corrected chi connectivity index (χ1v) is 10.3. The second kappa shape index (κ2) is 7.46. The monoisotopic (exact) mass is 364 g/mol. The lowest BCUT2D eigenvalue weighted by molar-refractivity contribution is 0.0958. The molecular formula is C17H20N2O3S2. The standard InChI is InChI=1S/C17H20N2O3S2/c20-17(18-9-8-14-6-2-1-3-7-14)16-12-15(13-23-16)24(21,22)19-10-4-5-11-19/h1-3,6-7,12-13H,4-5,8-11H2,(H,18,20). The molecule has 0 spiro atoms. The smallest absolute Gasteiger partial charge is 0.261 e. The van der Waals surface area contributed by atoms with E-state index in [1.54, 1.807) is 5.38 Å². The average molecular weight is 364 g/mol. The molecule has 7 heteroatoms. The van der Waals surface area contributed by atoms with Gasteiger partial charge in [-0.25, -0.2) is 8.42 Å². The van der Waals surface area contributed by atoms with Gasteiger partial charge in [-0.2, -0.15) is 4.31 Å². The highest BCUT2D eigenvalue weighted by Gasteiger charge is 2.28. The van der Waals surface area contributed by atoms with E-state index in [2.05, 4.69) is 5.32 Å². The molecule has 2 heterocycles. The normalized spacial score (nSPS) is 15.5. The summed E-state index contributed by atoms with van der Waals surface area (Å²) in [5.41, 5.74) is 1.15. The topological polar surface area (TPSA) is 66.5 Å². The predicted molar refractivity (Wildman–Crippen MR) is 94.8 cm³/mol. The summed E-state index contributed by atoms with van der Waals surface area (Å²) in [7, 11) is -3.45. The lowest BCUT2D eigenvalue weighted by atomic mass is 10.1. The highest BCUT2D eigenvalue weighted by molar-refractivity contribution is 7.89. The molecule has 1 N–H and O–H groups in total. The first kappa shape index (κ1) is 17.1. The van der Waals surface area contributed by atoms with E-state index in [9.17, 15) is 13.2 Å². The summed E-state index contributed by atoms with van der Waals surface area (Å²) in [6.07, 6.45) is 2.54. The second-order valence-corrected chi connectivity index (χ2v) is 8.60. The van der Waals surface area contributed by atoms with Gasteiger partial charge in [0.15, 0.2) is 0 Å². The van der Waals surface area contributed by atoms with Crippen molar-refractivity contribution in [2.75, 3.05) is 19.6 Å². The molecule has 1 aliphatic heterocycles. The number of benzene rings is 1. The molecule has 0 aliphatic carbocycles. The highest BCUT2D eigenvalue weighted by Crippen LogP contribution is 2.25. The molecule has 1 amide bonds. The maximum atomic E-state index is 12.5. The molecule has 128 valence electrons. The maximum Gasteiger partial charge on any atom is 0.261 e. The number of hydrogen-bond donors (Lipinski definition) is 1. The fourth-order valence-corrected chi connectivity index (χ4v) is 5.40. The zero-order chi connectivity index (χ0) is 17.0. The van der Waals surface area contributed by atoms with Crippen molar-refractivity contribution in [3.05, 3.63) is 52.2 Å². The molecular weight excluding hydrogens is 344 g/mol. The number of nitrogens with zero attached hydrogens (tertiary/aromatic N) is 1. The van der Waals surface area contributed by atoms with Gasteiger partial charge in [0, 0.05) is 25.0 Å². The first-order valence-electron chi connectivity index (χ1n) is 7.98. The molecule has 0 saturated carbocycles. The zero-order valence-corrected chi connectivity index (χ0v) is 14.9. The van der Waals surface area contributed by atoms with Gasteiger partial charge < -0.3 is 5.32 Å². The maximum absolute atomic E-state index is 12.5. The van der Waals surface area contributed by atoms with Gasteiger partial charge in [0.05, 0.1) is 9.77 Å². The third kappa shape index (κ3) is 3.85. The van der Waals surface area contributed by atoms with Gasteiger partial charge in [0.1, 0.15) is 0 Å². The molecule has 2 aromatic rings. The van der Waals surface area contributed by atoms with Crippen LogP contribution in [0.2, 0.25) is 0 Å². The van der Waals surface area contributed by atoms with Crippen molar-refractivity contribution in [2.45, 2.75) is 24.2 Å². The SMILES string of the molecule is O=C(NCCc1ccccc1)c1cc(S(=O)(=O)N2CCCC2)cs1. The number of rotatable bonds is 6. The van der Waals surface area contributed by atoms with Crippen LogP contribution in [-0.4, -0.2) is 38.3 Å². The largest absolute Gasteiger partial charge is 0.351 e. The summed E-state index contributed by atoms with van der Waals surface area (Å²) in [4.78, 5) is 12.8. The molecule has 3 rings (SSSR count). The lowest BCUT2D eigenvalue weighted by Crippen LogP contribution is -2.27. The number of carbonyl (C=O) groups is 1. The molecule has 24 heavy (non-hydrogen) atoms. The molecule has 1 aliphatic rings. The van der Waals surface area contributed by atoms with Crippen LogP contribution in [0, 0.1) is 0 Å². The fraction of sp³-hybridized carbons (Fsp3) is 0.353. The van der Waals surface area contributed by atoms with E-state index in [1.807, 2.05) is 30.3 Å². The number of amides is 1. The van der Waals surface area contributed by atoms with Crippen LogP contribution in [0.3, 0.4) is 0 Å². The van der Waals surface area contributed by atoms with Gasteiger partial charge in [-0.3, -0.25) is 4.79 Å². The molecule has 0 radical (unpaired) electrons. The van der Waals surface area contributed by atoms with Crippen LogP contribution >= 0.6 is 11.3 Å². The fourth-order valence-electron chi connectivity index (χ4n) is 2.70. The first-order chi connectivity index (χ1) is 11.6. The van der Waals surface area contributed by atoms with E-state index in [4.69, 9.17) is 0 Å². The number of sulfonamides is 1. The molecule has 1 fully saturated rings. The Morgan fingerprint density at radius 3 is 2.58 bits per heavy atom. The van der Waals surface area contributed by atoms with Crippen LogP contribution in [0.4, 0.5) is 0 Å². The summed E-state index contributed by atoms with van der Waals surface area (Å²) in [5.74, 6) is -0.223. The molecule has 0 unspecified atom stereocenters. The number of nitrogens with one attached hydrogen (secondary N) is 1. The average Bonchev–Trinajstić information content (AvgIpc) is 3.28. The molecule has 1 saturated heterocycles. The van der Waals surface area contributed by atoms with Crippen LogP contribution in [0.5, 0.6) is 0 Å². The van der Waals surface area contributed by atoms with Gasteiger partial charge in [0.2, 0.25) is 10.0 Å². The summed E-state index contributed by atoms with van der Waals surface area (Å²) < 4.78 is 26.4. The summed E-state index contributed by atoms with van der Waals surface area (Å²) in [5, 5.41) is 4.40. The Hall–Kier alpha value is -1.70. The quantitative estimate of drug-likeness (QED) is 0.856. The Morgan fingerprint density at radius 2 is 1.88 bits per heavy atom. The van der Waals surface area contributed by atoms with Gasteiger partial charge in [-0.15, -0.1) is 11.3 Å². The van der Waals surface area contributed by atoms with Crippen molar-refractivity contribution in [1.82, 2.24) is 9.62 Å². The summed E-state index contributed by atoms with van der Waals surface area (Å²) in [6.45, 7) is 1.66. The molecule has 1 aromatic carbocycles. The van der Waals surface area contributed by atoms with Gasteiger partial charge in [-0.05, 0) is 30.9 Å². The van der Waals surface area contributed by atoms with E-state index >= 15 is 0 Å². The summed E-state index contributed by atoms with van der Waals surface area (Å²) in [6, 6.07) is 11.4.